The lowest BCUT2D eigenvalue weighted by atomic mass is 10.2. The number of anilines is 1. The summed E-state index contributed by atoms with van der Waals surface area (Å²) >= 11 is 1.11. The van der Waals surface area contributed by atoms with Crippen molar-refractivity contribution in [3.05, 3.63) is 46.5 Å². The zero-order valence-electron chi connectivity index (χ0n) is 11.6. The molecule has 0 fully saturated rings. The van der Waals surface area contributed by atoms with Crippen molar-refractivity contribution in [2.24, 2.45) is 0 Å². The van der Waals surface area contributed by atoms with Gasteiger partial charge in [-0.15, -0.1) is 0 Å². The van der Waals surface area contributed by atoms with Gasteiger partial charge in [-0.1, -0.05) is 41.7 Å². The zero-order chi connectivity index (χ0) is 15.2. The second kappa shape index (κ2) is 6.85. The summed E-state index contributed by atoms with van der Waals surface area (Å²) in [6.45, 7) is 2.06. The molecule has 0 radical (unpaired) electrons. The standard InChI is InChI=1S/C14H16N4O2S/c1-9-12(21-14(15)18-9)13(20)17-8-11(19)16-7-10-5-3-2-4-6-10/h2-6H,7-8H2,1H3,(H2,15,18)(H,16,19)(H,17,20). The Bertz CT molecular complexity index is 640. The van der Waals surface area contributed by atoms with E-state index in [1.54, 1.807) is 6.92 Å². The molecule has 0 saturated carbocycles. The van der Waals surface area contributed by atoms with E-state index in [2.05, 4.69) is 15.6 Å². The number of hydrogen-bond acceptors (Lipinski definition) is 5. The maximum Gasteiger partial charge on any atom is 0.263 e. The molecule has 0 saturated heterocycles. The van der Waals surface area contributed by atoms with Crippen LogP contribution in [0.1, 0.15) is 20.9 Å². The number of rotatable bonds is 5. The number of nitrogens with one attached hydrogen (secondary N) is 2. The molecule has 2 rings (SSSR count). The van der Waals surface area contributed by atoms with Crippen molar-refractivity contribution in [1.29, 1.82) is 0 Å². The minimum absolute atomic E-state index is 0.0804. The van der Waals surface area contributed by atoms with E-state index in [9.17, 15) is 9.59 Å². The van der Waals surface area contributed by atoms with E-state index in [0.29, 0.717) is 22.2 Å². The second-order valence-electron chi connectivity index (χ2n) is 4.41. The van der Waals surface area contributed by atoms with Gasteiger partial charge in [-0.2, -0.15) is 0 Å². The van der Waals surface area contributed by atoms with Gasteiger partial charge in [-0.25, -0.2) is 4.98 Å². The maximum absolute atomic E-state index is 11.9. The van der Waals surface area contributed by atoms with Crippen molar-refractivity contribution in [3.8, 4) is 0 Å². The quantitative estimate of drug-likeness (QED) is 0.770. The highest BCUT2D eigenvalue weighted by Gasteiger charge is 2.14. The summed E-state index contributed by atoms with van der Waals surface area (Å²) in [6, 6.07) is 9.56. The van der Waals surface area contributed by atoms with Crippen LogP contribution in [0.3, 0.4) is 0 Å². The molecule has 7 heteroatoms. The van der Waals surface area contributed by atoms with Crippen LogP contribution in [-0.4, -0.2) is 23.3 Å². The third-order valence-electron chi connectivity index (χ3n) is 2.76. The number of carbonyl (C=O) groups excluding carboxylic acids is 2. The number of aromatic nitrogens is 1. The fraction of sp³-hybridized carbons (Fsp3) is 0.214. The van der Waals surface area contributed by atoms with Gasteiger partial charge in [-0.05, 0) is 12.5 Å². The number of carbonyl (C=O) groups is 2. The van der Waals surface area contributed by atoms with Gasteiger partial charge in [0.2, 0.25) is 5.91 Å². The van der Waals surface area contributed by atoms with Gasteiger partial charge in [0.05, 0.1) is 12.2 Å². The molecule has 1 aromatic heterocycles. The number of nitrogens with two attached hydrogens (primary N) is 1. The highest BCUT2D eigenvalue weighted by Crippen LogP contribution is 2.18. The average Bonchev–Trinajstić information content (AvgIpc) is 2.82. The van der Waals surface area contributed by atoms with Gasteiger partial charge >= 0.3 is 0 Å². The van der Waals surface area contributed by atoms with E-state index < -0.39 is 0 Å². The van der Waals surface area contributed by atoms with Crippen LogP contribution >= 0.6 is 11.3 Å². The van der Waals surface area contributed by atoms with Crippen LogP contribution in [0.15, 0.2) is 30.3 Å². The van der Waals surface area contributed by atoms with Gasteiger partial charge in [0, 0.05) is 6.54 Å². The number of amides is 2. The summed E-state index contributed by atoms with van der Waals surface area (Å²) < 4.78 is 0. The smallest absolute Gasteiger partial charge is 0.263 e. The first-order valence-electron chi connectivity index (χ1n) is 6.38. The molecular weight excluding hydrogens is 288 g/mol. The minimum atomic E-state index is -0.337. The Morgan fingerprint density at radius 1 is 1.24 bits per heavy atom. The lowest BCUT2D eigenvalue weighted by Gasteiger charge is -2.06. The first-order valence-corrected chi connectivity index (χ1v) is 7.19. The molecule has 2 amide bonds. The number of benzene rings is 1. The normalized spacial score (nSPS) is 10.1. The number of hydrogen-bond donors (Lipinski definition) is 3. The predicted octanol–water partition coefficient (Wildman–Crippen LogP) is 1.08. The Balaban J connectivity index is 1.79. The Labute approximate surface area is 126 Å². The molecule has 0 aliphatic rings. The fourth-order valence-corrected chi connectivity index (χ4v) is 2.48. The molecule has 0 aliphatic heterocycles. The molecule has 2 aromatic rings. The number of thiazole rings is 1. The van der Waals surface area contributed by atoms with E-state index in [0.717, 1.165) is 16.9 Å². The molecule has 0 atom stereocenters. The Morgan fingerprint density at radius 3 is 2.57 bits per heavy atom. The summed E-state index contributed by atoms with van der Waals surface area (Å²) in [7, 11) is 0. The van der Waals surface area contributed by atoms with Crippen molar-refractivity contribution in [2.75, 3.05) is 12.3 Å². The largest absolute Gasteiger partial charge is 0.375 e. The maximum atomic E-state index is 11.9. The third-order valence-corrected chi connectivity index (χ3v) is 3.75. The molecule has 0 bridgehead atoms. The van der Waals surface area contributed by atoms with E-state index in [1.807, 2.05) is 30.3 Å². The SMILES string of the molecule is Cc1nc(N)sc1C(=O)NCC(=O)NCc1ccccc1. The highest BCUT2D eigenvalue weighted by atomic mass is 32.1. The van der Waals surface area contributed by atoms with Gasteiger partial charge in [0.1, 0.15) is 4.88 Å². The monoisotopic (exact) mass is 304 g/mol. The van der Waals surface area contributed by atoms with Crippen LogP contribution < -0.4 is 16.4 Å². The van der Waals surface area contributed by atoms with Crippen LogP contribution in [0.2, 0.25) is 0 Å². The molecule has 110 valence electrons. The van der Waals surface area contributed by atoms with Crippen molar-refractivity contribution in [1.82, 2.24) is 15.6 Å². The lowest BCUT2D eigenvalue weighted by molar-refractivity contribution is -0.120. The molecular formula is C14H16N4O2S. The van der Waals surface area contributed by atoms with Crippen LogP contribution in [0, 0.1) is 6.92 Å². The lowest BCUT2D eigenvalue weighted by Crippen LogP contribution is -2.36. The summed E-state index contributed by atoms with van der Waals surface area (Å²) in [5, 5.41) is 5.63. The molecule has 0 spiro atoms. The molecule has 21 heavy (non-hydrogen) atoms. The van der Waals surface area contributed by atoms with Gasteiger partial charge < -0.3 is 16.4 Å². The number of nitrogen functional groups attached to an aromatic ring is 1. The minimum Gasteiger partial charge on any atom is -0.375 e. The number of aryl methyl sites for hydroxylation is 1. The van der Waals surface area contributed by atoms with Gasteiger partial charge in [0.25, 0.3) is 5.91 Å². The number of nitrogens with zero attached hydrogens (tertiary/aromatic N) is 1. The van der Waals surface area contributed by atoms with Crippen molar-refractivity contribution >= 4 is 28.3 Å². The first-order chi connectivity index (χ1) is 10.1. The second-order valence-corrected chi connectivity index (χ2v) is 5.44. The average molecular weight is 304 g/mol. The van der Waals surface area contributed by atoms with Gasteiger partial charge in [-0.3, -0.25) is 9.59 Å². The molecule has 6 nitrogen and oxygen atoms in total. The third kappa shape index (κ3) is 4.28. The van der Waals surface area contributed by atoms with E-state index in [4.69, 9.17) is 5.73 Å². The summed E-state index contributed by atoms with van der Waals surface area (Å²) in [4.78, 5) is 28.0. The van der Waals surface area contributed by atoms with Crippen LogP contribution in [0.4, 0.5) is 5.13 Å². The molecule has 1 heterocycles. The van der Waals surface area contributed by atoms with E-state index in [-0.39, 0.29) is 18.4 Å². The highest BCUT2D eigenvalue weighted by molar-refractivity contribution is 7.17. The summed E-state index contributed by atoms with van der Waals surface area (Å²) in [5.74, 6) is -0.584. The fourth-order valence-electron chi connectivity index (χ4n) is 1.73. The first kappa shape index (κ1) is 15.0. The van der Waals surface area contributed by atoms with E-state index >= 15 is 0 Å². The van der Waals surface area contributed by atoms with Crippen LogP contribution in [0.25, 0.3) is 0 Å². The Kier molecular flexibility index (Phi) is 4.89. The van der Waals surface area contributed by atoms with Gasteiger partial charge in [0.15, 0.2) is 5.13 Å². The Morgan fingerprint density at radius 2 is 1.95 bits per heavy atom. The molecule has 0 unspecified atom stereocenters. The van der Waals surface area contributed by atoms with Crippen LogP contribution in [0.5, 0.6) is 0 Å². The Hall–Kier alpha value is -2.41. The van der Waals surface area contributed by atoms with Crippen LogP contribution in [-0.2, 0) is 11.3 Å². The molecule has 0 aliphatic carbocycles. The van der Waals surface area contributed by atoms with Crippen molar-refractivity contribution in [3.63, 3.8) is 0 Å². The molecule has 4 N–H and O–H groups in total. The van der Waals surface area contributed by atoms with E-state index in [1.165, 1.54) is 0 Å². The topological polar surface area (TPSA) is 97.1 Å². The zero-order valence-corrected chi connectivity index (χ0v) is 12.4. The van der Waals surface area contributed by atoms with Crippen molar-refractivity contribution in [2.45, 2.75) is 13.5 Å². The van der Waals surface area contributed by atoms with Crippen molar-refractivity contribution < 1.29 is 9.59 Å². The predicted molar refractivity (Wildman–Crippen MR) is 81.9 cm³/mol. The summed E-state index contributed by atoms with van der Waals surface area (Å²) in [6.07, 6.45) is 0. The molecule has 1 aromatic carbocycles. The summed E-state index contributed by atoms with van der Waals surface area (Å²) in [5.41, 5.74) is 7.11.